The number of hydrogen-bond donors (Lipinski definition) is 1. The van der Waals surface area contributed by atoms with E-state index in [0.717, 1.165) is 17.1 Å². The van der Waals surface area contributed by atoms with Crippen molar-refractivity contribution >= 4 is 23.8 Å². The van der Waals surface area contributed by atoms with Crippen LogP contribution in [0.5, 0.6) is 0 Å². The molecule has 0 bridgehead atoms. The summed E-state index contributed by atoms with van der Waals surface area (Å²) < 4.78 is 2.36. The minimum Gasteiger partial charge on any atom is -0.267 e. The Bertz CT molecular complexity index is 762. The van der Waals surface area contributed by atoms with Crippen molar-refractivity contribution in [3.05, 3.63) is 64.4 Å². The maximum Gasteiger partial charge on any atom is 0.200 e. The van der Waals surface area contributed by atoms with E-state index >= 15 is 0 Å². The zero-order valence-electron chi connectivity index (χ0n) is 9.88. The fourth-order valence-electron chi connectivity index (χ4n) is 1.93. The smallest absolute Gasteiger partial charge is 0.200 e. The van der Waals surface area contributed by atoms with Gasteiger partial charge in [0.2, 0.25) is 0 Å². The maximum absolute atomic E-state index is 6.24. The number of halogens is 1. The van der Waals surface area contributed by atoms with E-state index in [0.29, 0.717) is 9.79 Å². The van der Waals surface area contributed by atoms with Crippen LogP contribution in [0.3, 0.4) is 0 Å². The molecule has 0 amide bonds. The van der Waals surface area contributed by atoms with Gasteiger partial charge in [0.1, 0.15) is 0 Å². The first-order valence-corrected chi connectivity index (χ1v) is 6.54. The second-order valence-corrected chi connectivity index (χ2v) is 4.80. The van der Waals surface area contributed by atoms with Crippen molar-refractivity contribution in [3.8, 4) is 17.1 Å². The molecule has 3 aromatic rings. The highest BCUT2D eigenvalue weighted by Crippen LogP contribution is 2.25. The number of para-hydroxylation sites is 1. The molecule has 1 N–H and O–H groups in total. The summed E-state index contributed by atoms with van der Waals surface area (Å²) >= 11 is 11.5. The van der Waals surface area contributed by atoms with Gasteiger partial charge in [-0.1, -0.05) is 54.1 Å². The largest absolute Gasteiger partial charge is 0.267 e. The van der Waals surface area contributed by atoms with Crippen molar-refractivity contribution in [1.82, 2.24) is 14.8 Å². The van der Waals surface area contributed by atoms with E-state index in [1.165, 1.54) is 0 Å². The van der Waals surface area contributed by atoms with E-state index in [-0.39, 0.29) is 0 Å². The van der Waals surface area contributed by atoms with Gasteiger partial charge in [0.25, 0.3) is 0 Å². The predicted octanol–water partition coefficient (Wildman–Crippen LogP) is 4.25. The quantitative estimate of drug-likeness (QED) is 0.715. The molecule has 0 aliphatic rings. The lowest BCUT2D eigenvalue weighted by Crippen LogP contribution is -1.98. The number of benzene rings is 2. The molecule has 0 fully saturated rings. The molecule has 0 aliphatic carbocycles. The molecule has 0 atom stereocenters. The number of aromatic amines is 1. The van der Waals surface area contributed by atoms with Crippen LogP contribution in [0.25, 0.3) is 17.1 Å². The highest BCUT2D eigenvalue weighted by atomic mass is 35.5. The van der Waals surface area contributed by atoms with Gasteiger partial charge in [0.05, 0.1) is 10.7 Å². The van der Waals surface area contributed by atoms with Crippen LogP contribution in [0.15, 0.2) is 54.6 Å². The molecule has 5 heteroatoms. The van der Waals surface area contributed by atoms with Crippen molar-refractivity contribution < 1.29 is 0 Å². The van der Waals surface area contributed by atoms with Crippen molar-refractivity contribution in [2.24, 2.45) is 0 Å². The van der Waals surface area contributed by atoms with E-state index in [2.05, 4.69) is 10.2 Å². The molecule has 94 valence electrons. The molecule has 3 nitrogen and oxygen atoms in total. The minimum atomic E-state index is 0.520. The molecule has 0 unspecified atom stereocenters. The molecule has 1 heterocycles. The van der Waals surface area contributed by atoms with Crippen LogP contribution in [0.4, 0.5) is 0 Å². The van der Waals surface area contributed by atoms with Crippen LogP contribution in [-0.2, 0) is 0 Å². The zero-order valence-corrected chi connectivity index (χ0v) is 11.4. The lowest BCUT2D eigenvalue weighted by molar-refractivity contribution is 1.04. The Morgan fingerprint density at radius 3 is 2.42 bits per heavy atom. The Morgan fingerprint density at radius 2 is 1.68 bits per heavy atom. The van der Waals surface area contributed by atoms with E-state index in [9.17, 15) is 0 Å². The van der Waals surface area contributed by atoms with Crippen molar-refractivity contribution in [3.63, 3.8) is 0 Å². The monoisotopic (exact) mass is 287 g/mol. The van der Waals surface area contributed by atoms with Gasteiger partial charge in [0, 0.05) is 5.56 Å². The lowest BCUT2D eigenvalue weighted by Gasteiger charge is -2.08. The first kappa shape index (κ1) is 12.1. The van der Waals surface area contributed by atoms with E-state index in [1.54, 1.807) is 0 Å². The average molecular weight is 288 g/mol. The molecular weight excluding hydrogens is 278 g/mol. The summed E-state index contributed by atoms with van der Waals surface area (Å²) in [6.07, 6.45) is 0. The molecule has 1 aromatic heterocycles. The summed E-state index contributed by atoms with van der Waals surface area (Å²) in [5.74, 6) is 0.749. The van der Waals surface area contributed by atoms with Gasteiger partial charge in [-0.05, 0) is 24.4 Å². The molecule has 19 heavy (non-hydrogen) atoms. The second-order valence-electron chi connectivity index (χ2n) is 4.01. The average Bonchev–Trinajstić information content (AvgIpc) is 2.82. The highest BCUT2D eigenvalue weighted by Gasteiger charge is 2.12. The summed E-state index contributed by atoms with van der Waals surface area (Å²) in [4.78, 5) is 0. The topological polar surface area (TPSA) is 33.6 Å². The third kappa shape index (κ3) is 2.20. The third-order valence-corrected chi connectivity index (χ3v) is 3.39. The number of H-pyrrole nitrogens is 1. The van der Waals surface area contributed by atoms with Gasteiger partial charge in [-0.2, -0.15) is 5.10 Å². The number of nitrogens with one attached hydrogen (secondary N) is 1. The molecule has 2 aromatic carbocycles. The Kier molecular flexibility index (Phi) is 3.19. The lowest BCUT2D eigenvalue weighted by atomic mass is 10.2. The van der Waals surface area contributed by atoms with Gasteiger partial charge in [-0.3, -0.25) is 9.67 Å². The normalized spacial score (nSPS) is 10.6. The minimum absolute atomic E-state index is 0.520. The Hall–Kier alpha value is -1.91. The molecule has 0 aliphatic heterocycles. The van der Waals surface area contributed by atoms with Crippen LogP contribution in [0.2, 0.25) is 5.02 Å². The van der Waals surface area contributed by atoms with E-state index in [4.69, 9.17) is 23.8 Å². The summed E-state index contributed by atoms with van der Waals surface area (Å²) in [6, 6.07) is 17.4. The van der Waals surface area contributed by atoms with Crippen molar-refractivity contribution in [2.45, 2.75) is 0 Å². The van der Waals surface area contributed by atoms with Gasteiger partial charge in [0.15, 0.2) is 10.6 Å². The predicted molar refractivity (Wildman–Crippen MR) is 79.2 cm³/mol. The standard InChI is InChI=1S/C14H10ClN3S/c15-11-8-4-5-9-12(11)18-13(16-17-14(18)19)10-6-2-1-3-7-10/h1-9H,(H,17,19). The van der Waals surface area contributed by atoms with Gasteiger partial charge in [-0.15, -0.1) is 0 Å². The molecular formula is C14H10ClN3S. The van der Waals surface area contributed by atoms with Crippen LogP contribution in [0.1, 0.15) is 0 Å². The maximum atomic E-state index is 6.24. The van der Waals surface area contributed by atoms with Crippen LogP contribution in [0, 0.1) is 4.77 Å². The van der Waals surface area contributed by atoms with Crippen molar-refractivity contribution in [1.29, 1.82) is 0 Å². The zero-order chi connectivity index (χ0) is 13.2. The SMILES string of the molecule is S=c1[nH]nc(-c2ccccc2)n1-c1ccccc1Cl. The summed E-state index contributed by atoms with van der Waals surface area (Å²) in [6.45, 7) is 0. The Morgan fingerprint density at radius 1 is 1.00 bits per heavy atom. The van der Waals surface area contributed by atoms with Crippen molar-refractivity contribution in [2.75, 3.05) is 0 Å². The van der Waals surface area contributed by atoms with Gasteiger partial charge < -0.3 is 0 Å². The number of rotatable bonds is 2. The first-order valence-electron chi connectivity index (χ1n) is 5.75. The molecule has 0 spiro atoms. The van der Waals surface area contributed by atoms with Crippen LogP contribution < -0.4 is 0 Å². The van der Waals surface area contributed by atoms with Crippen LogP contribution >= 0.6 is 23.8 Å². The second kappa shape index (κ2) is 4.99. The van der Waals surface area contributed by atoms with Crippen LogP contribution in [-0.4, -0.2) is 14.8 Å². The number of hydrogen-bond acceptors (Lipinski definition) is 2. The Balaban J connectivity index is 2.26. The fraction of sp³-hybridized carbons (Fsp3) is 0. The van der Waals surface area contributed by atoms with E-state index < -0.39 is 0 Å². The number of aromatic nitrogens is 3. The molecule has 0 radical (unpaired) electrons. The fourth-order valence-corrected chi connectivity index (χ4v) is 2.39. The molecule has 3 rings (SSSR count). The summed E-state index contributed by atoms with van der Waals surface area (Å²) in [7, 11) is 0. The van der Waals surface area contributed by atoms with Gasteiger partial charge >= 0.3 is 0 Å². The number of nitrogens with zero attached hydrogens (tertiary/aromatic N) is 2. The first-order chi connectivity index (χ1) is 9.27. The summed E-state index contributed by atoms with van der Waals surface area (Å²) in [5, 5.41) is 7.75. The summed E-state index contributed by atoms with van der Waals surface area (Å²) in [5.41, 5.74) is 1.80. The van der Waals surface area contributed by atoms with Gasteiger partial charge in [-0.25, -0.2) is 0 Å². The molecule has 0 saturated carbocycles. The highest BCUT2D eigenvalue weighted by molar-refractivity contribution is 7.71. The third-order valence-electron chi connectivity index (χ3n) is 2.80. The molecule has 0 saturated heterocycles. The Labute approximate surface area is 120 Å². The van der Waals surface area contributed by atoms with E-state index in [1.807, 2.05) is 59.2 Å².